The summed E-state index contributed by atoms with van der Waals surface area (Å²) in [6.07, 6.45) is 1.10. The van der Waals surface area contributed by atoms with Crippen molar-refractivity contribution in [3.63, 3.8) is 0 Å². The quantitative estimate of drug-likeness (QED) is 0.797. The third-order valence-electron chi connectivity index (χ3n) is 2.38. The third-order valence-corrected chi connectivity index (χ3v) is 2.55. The Morgan fingerprint density at radius 3 is 2.44 bits per heavy atom. The van der Waals surface area contributed by atoms with Crippen molar-refractivity contribution < 1.29 is 4.52 Å². The number of rotatable bonds is 3. The number of hydrogen-bond donors (Lipinski definition) is 0. The summed E-state index contributed by atoms with van der Waals surface area (Å²) in [6, 6.07) is 10.1. The van der Waals surface area contributed by atoms with Crippen LogP contribution in [0.15, 0.2) is 34.9 Å². The zero-order chi connectivity index (χ0) is 11.5. The van der Waals surface area contributed by atoms with Gasteiger partial charge < -0.3 is 4.52 Å². The molecular formula is C13H14ClNO. The molecule has 1 aromatic heterocycles. The maximum atomic E-state index is 5.68. The lowest BCUT2D eigenvalue weighted by Gasteiger charge is -2.04. The highest BCUT2D eigenvalue weighted by molar-refractivity contribution is 6.29. The number of nitrogens with zero attached hydrogens (tertiary/aromatic N) is 1. The van der Waals surface area contributed by atoms with E-state index >= 15 is 0 Å². The number of halogens is 1. The lowest BCUT2D eigenvalue weighted by Crippen LogP contribution is -1.93. The van der Waals surface area contributed by atoms with Crippen LogP contribution in [0, 0.1) is 5.92 Å². The van der Waals surface area contributed by atoms with E-state index in [1.54, 1.807) is 6.07 Å². The van der Waals surface area contributed by atoms with Gasteiger partial charge in [0, 0.05) is 11.6 Å². The van der Waals surface area contributed by atoms with Gasteiger partial charge in [-0.15, -0.1) is 0 Å². The highest BCUT2D eigenvalue weighted by atomic mass is 35.5. The summed E-state index contributed by atoms with van der Waals surface area (Å²) in [5.41, 5.74) is 3.15. The minimum atomic E-state index is 0.321. The van der Waals surface area contributed by atoms with Crippen molar-refractivity contribution in [2.24, 2.45) is 5.92 Å². The van der Waals surface area contributed by atoms with Gasteiger partial charge in [0.1, 0.15) is 5.69 Å². The Balaban J connectivity index is 2.19. The first kappa shape index (κ1) is 11.2. The highest BCUT2D eigenvalue weighted by Gasteiger charge is 2.05. The first-order chi connectivity index (χ1) is 7.65. The number of aromatic nitrogens is 1. The van der Waals surface area contributed by atoms with Gasteiger partial charge >= 0.3 is 0 Å². The normalized spacial score (nSPS) is 11.0. The topological polar surface area (TPSA) is 26.0 Å². The van der Waals surface area contributed by atoms with E-state index in [0.717, 1.165) is 17.7 Å². The van der Waals surface area contributed by atoms with Crippen LogP contribution in [0.25, 0.3) is 11.3 Å². The maximum absolute atomic E-state index is 5.68. The summed E-state index contributed by atoms with van der Waals surface area (Å²) < 4.78 is 4.83. The Bertz CT molecular complexity index is 459. The van der Waals surface area contributed by atoms with Crippen molar-refractivity contribution >= 4 is 11.6 Å². The van der Waals surface area contributed by atoms with Crippen LogP contribution in [0.2, 0.25) is 5.22 Å². The Labute approximate surface area is 100 Å². The van der Waals surface area contributed by atoms with Crippen LogP contribution in [-0.2, 0) is 6.42 Å². The predicted molar refractivity (Wildman–Crippen MR) is 65.5 cm³/mol. The van der Waals surface area contributed by atoms with Crippen LogP contribution in [0.4, 0.5) is 0 Å². The first-order valence-corrected chi connectivity index (χ1v) is 5.74. The molecule has 1 heterocycles. The van der Waals surface area contributed by atoms with E-state index in [2.05, 4.69) is 31.1 Å². The van der Waals surface area contributed by atoms with Gasteiger partial charge in [0.05, 0.1) is 0 Å². The fraction of sp³-hybridized carbons (Fsp3) is 0.308. The van der Waals surface area contributed by atoms with Gasteiger partial charge in [-0.2, -0.15) is 0 Å². The fourth-order valence-corrected chi connectivity index (χ4v) is 1.81. The van der Waals surface area contributed by atoms with Gasteiger partial charge in [-0.05, 0) is 29.5 Å². The van der Waals surface area contributed by atoms with Crippen LogP contribution in [0.5, 0.6) is 0 Å². The number of benzene rings is 1. The molecule has 16 heavy (non-hydrogen) atoms. The number of hydrogen-bond acceptors (Lipinski definition) is 2. The summed E-state index contributed by atoms with van der Waals surface area (Å²) >= 11 is 5.68. The summed E-state index contributed by atoms with van der Waals surface area (Å²) in [4.78, 5) is 0. The van der Waals surface area contributed by atoms with Crippen LogP contribution < -0.4 is 0 Å². The van der Waals surface area contributed by atoms with Gasteiger partial charge in [0.2, 0.25) is 5.22 Å². The molecule has 0 atom stereocenters. The second-order valence-corrected chi connectivity index (χ2v) is 4.68. The van der Waals surface area contributed by atoms with E-state index in [9.17, 15) is 0 Å². The van der Waals surface area contributed by atoms with E-state index < -0.39 is 0 Å². The molecule has 0 amide bonds. The molecule has 3 heteroatoms. The van der Waals surface area contributed by atoms with Crippen molar-refractivity contribution in [2.45, 2.75) is 20.3 Å². The van der Waals surface area contributed by atoms with E-state index in [1.807, 2.05) is 12.1 Å². The molecule has 2 aromatic rings. The van der Waals surface area contributed by atoms with E-state index in [0.29, 0.717) is 11.1 Å². The maximum Gasteiger partial charge on any atom is 0.226 e. The molecular weight excluding hydrogens is 222 g/mol. The van der Waals surface area contributed by atoms with Crippen molar-refractivity contribution in [1.82, 2.24) is 5.16 Å². The minimum absolute atomic E-state index is 0.321. The third kappa shape index (κ3) is 2.64. The molecule has 0 radical (unpaired) electrons. The summed E-state index contributed by atoms with van der Waals surface area (Å²) in [5, 5.41) is 4.19. The Morgan fingerprint density at radius 2 is 1.94 bits per heavy atom. The smallest absolute Gasteiger partial charge is 0.226 e. The van der Waals surface area contributed by atoms with E-state index in [1.165, 1.54) is 5.56 Å². The molecule has 0 saturated carbocycles. The standard InChI is InChI=1S/C13H14ClNO/c1-9(2)7-10-3-5-11(6-4-10)12-8-13(14)16-15-12/h3-6,8-9H,7H2,1-2H3. The second kappa shape index (κ2) is 4.71. The SMILES string of the molecule is CC(C)Cc1ccc(-c2cc(Cl)on2)cc1. The summed E-state index contributed by atoms with van der Waals surface area (Å²) in [7, 11) is 0. The monoisotopic (exact) mass is 235 g/mol. The van der Waals surface area contributed by atoms with E-state index in [4.69, 9.17) is 16.1 Å². The molecule has 0 fully saturated rings. The van der Waals surface area contributed by atoms with Gasteiger partial charge in [-0.25, -0.2) is 0 Å². The average Bonchev–Trinajstić information content (AvgIpc) is 2.65. The molecule has 0 spiro atoms. The zero-order valence-corrected chi connectivity index (χ0v) is 10.2. The molecule has 1 aromatic carbocycles. The lowest BCUT2D eigenvalue weighted by atomic mass is 10.0. The van der Waals surface area contributed by atoms with Crippen molar-refractivity contribution in [3.8, 4) is 11.3 Å². The lowest BCUT2D eigenvalue weighted by molar-refractivity contribution is 0.424. The average molecular weight is 236 g/mol. The summed E-state index contributed by atoms with van der Waals surface area (Å²) in [5.74, 6) is 0.673. The molecule has 2 rings (SSSR count). The molecule has 0 N–H and O–H groups in total. The Hall–Kier alpha value is -1.28. The molecule has 84 valence electrons. The fourth-order valence-electron chi connectivity index (χ4n) is 1.67. The highest BCUT2D eigenvalue weighted by Crippen LogP contribution is 2.22. The molecule has 0 aliphatic carbocycles. The van der Waals surface area contributed by atoms with E-state index in [-0.39, 0.29) is 0 Å². The van der Waals surface area contributed by atoms with Crippen molar-refractivity contribution in [2.75, 3.05) is 0 Å². The van der Waals surface area contributed by atoms with Gasteiger partial charge in [0.25, 0.3) is 0 Å². The molecule has 0 aliphatic rings. The second-order valence-electron chi connectivity index (χ2n) is 4.31. The summed E-state index contributed by atoms with van der Waals surface area (Å²) in [6.45, 7) is 4.43. The molecule has 0 saturated heterocycles. The van der Waals surface area contributed by atoms with Crippen molar-refractivity contribution in [3.05, 3.63) is 41.1 Å². The van der Waals surface area contributed by atoms with Gasteiger partial charge in [0.15, 0.2) is 0 Å². The molecule has 2 nitrogen and oxygen atoms in total. The minimum Gasteiger partial charge on any atom is -0.344 e. The van der Waals surface area contributed by atoms with Gasteiger partial charge in [-0.1, -0.05) is 43.3 Å². The molecule has 0 unspecified atom stereocenters. The Kier molecular flexibility index (Phi) is 3.30. The van der Waals surface area contributed by atoms with Crippen molar-refractivity contribution in [1.29, 1.82) is 0 Å². The van der Waals surface area contributed by atoms with Crippen LogP contribution in [0.1, 0.15) is 19.4 Å². The predicted octanol–water partition coefficient (Wildman–Crippen LogP) is 4.19. The Morgan fingerprint density at radius 1 is 1.25 bits per heavy atom. The molecule has 0 aliphatic heterocycles. The van der Waals surface area contributed by atoms with Gasteiger partial charge in [-0.3, -0.25) is 0 Å². The first-order valence-electron chi connectivity index (χ1n) is 5.36. The molecule has 0 bridgehead atoms. The largest absolute Gasteiger partial charge is 0.344 e. The van der Waals surface area contributed by atoms with Crippen LogP contribution >= 0.6 is 11.6 Å². The van der Waals surface area contributed by atoms with Crippen LogP contribution in [-0.4, -0.2) is 5.16 Å². The van der Waals surface area contributed by atoms with Crippen LogP contribution in [0.3, 0.4) is 0 Å². The zero-order valence-electron chi connectivity index (χ0n) is 9.40.